The molecule has 0 radical (unpaired) electrons. The van der Waals surface area contributed by atoms with Gasteiger partial charge in [-0.1, -0.05) is 6.07 Å². The molecular weight excluding hydrogens is 220 g/mol. The van der Waals surface area contributed by atoms with Crippen molar-refractivity contribution in [3.05, 3.63) is 23.8 Å². The molecular formula is C12H18N2OS. The number of carbonyl (C=O) groups is 1. The monoisotopic (exact) mass is 238 g/mol. The summed E-state index contributed by atoms with van der Waals surface area (Å²) in [6.45, 7) is 6.51. The van der Waals surface area contributed by atoms with Gasteiger partial charge in [-0.2, -0.15) is 0 Å². The number of aryl methyl sites for hydroxylation is 1. The molecule has 0 aliphatic carbocycles. The van der Waals surface area contributed by atoms with Crippen LogP contribution < -0.4 is 11.1 Å². The summed E-state index contributed by atoms with van der Waals surface area (Å²) >= 11 is 1.54. The lowest BCUT2D eigenvalue weighted by atomic mass is 10.2. The first-order valence-corrected chi connectivity index (χ1v) is 6.23. The van der Waals surface area contributed by atoms with Crippen LogP contribution >= 0.6 is 11.8 Å². The molecule has 0 aliphatic heterocycles. The zero-order valence-corrected chi connectivity index (χ0v) is 10.7. The van der Waals surface area contributed by atoms with Gasteiger partial charge in [-0.05, 0) is 38.5 Å². The van der Waals surface area contributed by atoms with Gasteiger partial charge in [0.25, 0.3) is 0 Å². The Balaban J connectivity index is 2.72. The number of benzene rings is 1. The van der Waals surface area contributed by atoms with Crippen molar-refractivity contribution in [1.29, 1.82) is 0 Å². The van der Waals surface area contributed by atoms with Crippen molar-refractivity contribution in [2.24, 2.45) is 0 Å². The second kappa shape index (κ2) is 5.80. The lowest BCUT2D eigenvalue weighted by Crippen LogP contribution is -2.30. The zero-order chi connectivity index (χ0) is 12.1. The van der Waals surface area contributed by atoms with E-state index in [2.05, 4.69) is 5.32 Å². The number of amides is 1. The summed E-state index contributed by atoms with van der Waals surface area (Å²) in [5.74, 6) is 0.0642. The van der Waals surface area contributed by atoms with E-state index in [9.17, 15) is 4.79 Å². The molecule has 1 rings (SSSR count). The number of thioether (sulfide) groups is 1. The largest absolute Gasteiger partial charge is 0.399 e. The Labute approximate surface area is 101 Å². The number of carbonyl (C=O) groups excluding carboxylic acids is 1. The maximum absolute atomic E-state index is 11.6. The van der Waals surface area contributed by atoms with Gasteiger partial charge in [0.1, 0.15) is 0 Å². The molecule has 0 spiro atoms. The number of nitrogens with one attached hydrogen (secondary N) is 1. The summed E-state index contributed by atoms with van der Waals surface area (Å²) in [6, 6.07) is 5.76. The molecule has 0 aliphatic rings. The van der Waals surface area contributed by atoms with Gasteiger partial charge in [0.2, 0.25) is 5.91 Å². The second-order valence-electron chi connectivity index (χ2n) is 3.68. The number of hydrogen-bond donors (Lipinski definition) is 2. The molecule has 0 fully saturated rings. The summed E-state index contributed by atoms with van der Waals surface area (Å²) in [4.78, 5) is 12.6. The van der Waals surface area contributed by atoms with Crippen LogP contribution in [-0.4, -0.2) is 17.7 Å². The SMILES string of the molecule is CCNC(=O)C(C)Sc1cc(N)ccc1C. The van der Waals surface area contributed by atoms with Crippen molar-refractivity contribution in [3.8, 4) is 0 Å². The van der Waals surface area contributed by atoms with Crippen molar-refractivity contribution in [2.75, 3.05) is 12.3 Å². The topological polar surface area (TPSA) is 55.1 Å². The predicted molar refractivity (Wildman–Crippen MR) is 69.6 cm³/mol. The lowest BCUT2D eigenvalue weighted by molar-refractivity contribution is -0.120. The maximum Gasteiger partial charge on any atom is 0.233 e. The number of nitrogen functional groups attached to an aromatic ring is 1. The van der Waals surface area contributed by atoms with Crippen LogP contribution in [0.3, 0.4) is 0 Å². The molecule has 1 aromatic carbocycles. The summed E-state index contributed by atoms with van der Waals surface area (Å²) in [7, 11) is 0. The molecule has 4 heteroatoms. The highest BCUT2D eigenvalue weighted by Gasteiger charge is 2.14. The van der Waals surface area contributed by atoms with E-state index in [0.29, 0.717) is 6.54 Å². The van der Waals surface area contributed by atoms with Gasteiger partial charge in [0.15, 0.2) is 0 Å². The molecule has 0 aromatic heterocycles. The van der Waals surface area contributed by atoms with Gasteiger partial charge < -0.3 is 11.1 Å². The highest BCUT2D eigenvalue weighted by molar-refractivity contribution is 8.00. The fourth-order valence-corrected chi connectivity index (χ4v) is 2.33. The Bertz CT molecular complexity index is 379. The van der Waals surface area contributed by atoms with Crippen LogP contribution in [0.25, 0.3) is 0 Å². The predicted octanol–water partition coefficient (Wildman–Crippen LogP) is 2.19. The molecule has 0 bridgehead atoms. The highest BCUT2D eigenvalue weighted by atomic mass is 32.2. The van der Waals surface area contributed by atoms with Crippen LogP contribution in [0.5, 0.6) is 0 Å². The Hall–Kier alpha value is -1.16. The van der Waals surface area contributed by atoms with Crippen LogP contribution in [0.2, 0.25) is 0 Å². The Morgan fingerprint density at radius 2 is 2.25 bits per heavy atom. The van der Waals surface area contributed by atoms with E-state index in [4.69, 9.17) is 5.73 Å². The van der Waals surface area contributed by atoms with Gasteiger partial charge in [0.05, 0.1) is 5.25 Å². The minimum Gasteiger partial charge on any atom is -0.399 e. The minimum atomic E-state index is -0.0968. The van der Waals surface area contributed by atoms with Crippen molar-refractivity contribution >= 4 is 23.4 Å². The highest BCUT2D eigenvalue weighted by Crippen LogP contribution is 2.28. The molecule has 1 unspecified atom stereocenters. The smallest absolute Gasteiger partial charge is 0.233 e. The fourth-order valence-electron chi connectivity index (χ4n) is 1.31. The molecule has 1 amide bonds. The summed E-state index contributed by atoms with van der Waals surface area (Å²) < 4.78 is 0. The summed E-state index contributed by atoms with van der Waals surface area (Å²) in [6.07, 6.45) is 0. The second-order valence-corrected chi connectivity index (χ2v) is 5.06. The Morgan fingerprint density at radius 3 is 2.88 bits per heavy atom. The van der Waals surface area contributed by atoms with Crippen molar-refractivity contribution in [1.82, 2.24) is 5.32 Å². The number of rotatable bonds is 4. The third-order valence-electron chi connectivity index (χ3n) is 2.24. The standard InChI is InChI=1S/C12H18N2OS/c1-4-14-12(15)9(3)16-11-7-10(13)6-5-8(11)2/h5-7,9H,4,13H2,1-3H3,(H,14,15). The molecule has 3 nitrogen and oxygen atoms in total. The van der Waals surface area contributed by atoms with Crippen LogP contribution in [0.4, 0.5) is 5.69 Å². The molecule has 1 aromatic rings. The van der Waals surface area contributed by atoms with Crippen LogP contribution in [0.15, 0.2) is 23.1 Å². The van der Waals surface area contributed by atoms with E-state index >= 15 is 0 Å². The molecule has 88 valence electrons. The Kier molecular flexibility index (Phi) is 4.68. The van der Waals surface area contributed by atoms with Crippen LogP contribution in [0, 0.1) is 6.92 Å². The van der Waals surface area contributed by atoms with Gasteiger partial charge in [-0.25, -0.2) is 0 Å². The van der Waals surface area contributed by atoms with Crippen LogP contribution in [-0.2, 0) is 4.79 Å². The van der Waals surface area contributed by atoms with Crippen molar-refractivity contribution in [2.45, 2.75) is 30.9 Å². The minimum absolute atomic E-state index is 0.0642. The zero-order valence-electron chi connectivity index (χ0n) is 9.91. The van der Waals surface area contributed by atoms with E-state index in [0.717, 1.165) is 16.1 Å². The average molecular weight is 238 g/mol. The number of nitrogens with two attached hydrogens (primary N) is 1. The van der Waals surface area contributed by atoms with E-state index in [1.165, 1.54) is 0 Å². The van der Waals surface area contributed by atoms with Crippen LogP contribution in [0.1, 0.15) is 19.4 Å². The van der Waals surface area contributed by atoms with E-state index in [1.807, 2.05) is 39.0 Å². The van der Waals surface area contributed by atoms with Gasteiger partial charge in [-0.15, -0.1) is 11.8 Å². The van der Waals surface area contributed by atoms with E-state index in [-0.39, 0.29) is 11.2 Å². The molecule has 0 saturated carbocycles. The average Bonchev–Trinajstić information content (AvgIpc) is 2.23. The molecule has 1 atom stereocenters. The van der Waals surface area contributed by atoms with Crippen molar-refractivity contribution in [3.63, 3.8) is 0 Å². The quantitative estimate of drug-likeness (QED) is 0.624. The Morgan fingerprint density at radius 1 is 1.56 bits per heavy atom. The molecule has 0 saturated heterocycles. The maximum atomic E-state index is 11.6. The van der Waals surface area contributed by atoms with Gasteiger partial charge >= 0.3 is 0 Å². The van der Waals surface area contributed by atoms with Gasteiger partial charge in [0, 0.05) is 17.1 Å². The third kappa shape index (κ3) is 3.45. The normalized spacial score (nSPS) is 12.2. The fraction of sp³-hybridized carbons (Fsp3) is 0.417. The first-order valence-electron chi connectivity index (χ1n) is 5.35. The summed E-state index contributed by atoms with van der Waals surface area (Å²) in [5, 5.41) is 2.71. The first kappa shape index (κ1) is 12.9. The third-order valence-corrected chi connectivity index (χ3v) is 3.50. The molecule has 0 heterocycles. The van der Waals surface area contributed by atoms with E-state index in [1.54, 1.807) is 11.8 Å². The first-order chi connectivity index (χ1) is 7.54. The lowest BCUT2D eigenvalue weighted by Gasteiger charge is -2.12. The molecule has 16 heavy (non-hydrogen) atoms. The number of anilines is 1. The summed E-state index contributed by atoms with van der Waals surface area (Å²) in [5.41, 5.74) is 7.61. The van der Waals surface area contributed by atoms with Gasteiger partial charge in [-0.3, -0.25) is 4.79 Å². The van der Waals surface area contributed by atoms with E-state index < -0.39 is 0 Å². The van der Waals surface area contributed by atoms with Crippen molar-refractivity contribution < 1.29 is 4.79 Å². The molecule has 3 N–H and O–H groups in total. The number of hydrogen-bond acceptors (Lipinski definition) is 3.